The second-order valence-corrected chi connectivity index (χ2v) is 17.6. The summed E-state index contributed by atoms with van der Waals surface area (Å²) in [7, 11) is 0. The van der Waals surface area contributed by atoms with Gasteiger partial charge in [-0.25, -0.2) is 15.0 Å². The van der Waals surface area contributed by atoms with Gasteiger partial charge in [0.2, 0.25) is 0 Å². The second-order valence-electron chi connectivity index (χ2n) is 17.6. The molecule has 0 atom stereocenters. The zero-order valence-electron chi connectivity index (χ0n) is 36.6. The molecule has 13 rings (SSSR count). The van der Waals surface area contributed by atoms with E-state index in [1.54, 1.807) is 6.20 Å². The van der Waals surface area contributed by atoms with Gasteiger partial charge in [0.05, 0.1) is 22.1 Å². The fourth-order valence-electron chi connectivity index (χ4n) is 10.1. The van der Waals surface area contributed by atoms with E-state index in [2.05, 4.69) is 146 Å². The molecule has 1 aliphatic carbocycles. The quantitative estimate of drug-likeness (QED) is 0.152. The lowest BCUT2D eigenvalue weighted by atomic mass is 9.82. The van der Waals surface area contributed by atoms with Gasteiger partial charge in [-0.05, 0) is 111 Å². The monoisotopic (exact) mass is 858 g/mol. The van der Waals surface area contributed by atoms with E-state index in [0.717, 1.165) is 93.7 Å². The van der Waals surface area contributed by atoms with Crippen molar-refractivity contribution >= 4 is 43.6 Å². The topological polar surface area (TPSA) is 103 Å². The van der Waals surface area contributed by atoms with Crippen molar-refractivity contribution in [1.82, 2.24) is 39.9 Å². The summed E-state index contributed by atoms with van der Waals surface area (Å²) >= 11 is 0. The lowest BCUT2D eigenvalue weighted by Crippen LogP contribution is -2.15. The van der Waals surface area contributed by atoms with Gasteiger partial charge >= 0.3 is 0 Å². The average Bonchev–Trinajstić information content (AvgIpc) is 3.62. The minimum Gasteiger partial charge on any atom is -0.264 e. The Labute approximate surface area is 385 Å². The fraction of sp³-hybridized carbons (Fsp3) is 0.0508. The van der Waals surface area contributed by atoms with Crippen molar-refractivity contribution in [2.24, 2.45) is 0 Å². The molecule has 6 aromatic heterocycles. The number of nitrogens with zero attached hydrogens (tertiary/aromatic N) is 8. The van der Waals surface area contributed by atoms with Crippen LogP contribution in [0, 0.1) is 0 Å². The number of pyridine rings is 5. The molecule has 0 radical (unpaired) electrons. The van der Waals surface area contributed by atoms with Gasteiger partial charge in [0.15, 0.2) is 17.5 Å². The molecule has 67 heavy (non-hydrogen) atoms. The van der Waals surface area contributed by atoms with Crippen molar-refractivity contribution in [1.29, 1.82) is 0 Å². The Morgan fingerprint density at radius 3 is 1.52 bits per heavy atom. The summed E-state index contributed by atoms with van der Waals surface area (Å²) in [5.41, 5.74) is 16.9. The highest BCUT2D eigenvalue weighted by Crippen LogP contribution is 2.50. The highest BCUT2D eigenvalue weighted by molar-refractivity contribution is 6.13. The highest BCUT2D eigenvalue weighted by atomic mass is 15.0. The largest absolute Gasteiger partial charge is 0.264 e. The zero-order valence-corrected chi connectivity index (χ0v) is 36.6. The molecule has 0 bridgehead atoms. The van der Waals surface area contributed by atoms with Crippen molar-refractivity contribution in [3.8, 4) is 78.7 Å². The molecule has 314 valence electrons. The molecule has 6 heterocycles. The number of aromatic nitrogens is 8. The van der Waals surface area contributed by atoms with Crippen molar-refractivity contribution in [2.45, 2.75) is 19.3 Å². The number of hydrogen-bond acceptors (Lipinski definition) is 8. The van der Waals surface area contributed by atoms with Crippen LogP contribution in [0.5, 0.6) is 0 Å². The first-order valence-corrected chi connectivity index (χ1v) is 22.4. The van der Waals surface area contributed by atoms with Crippen LogP contribution in [0.3, 0.4) is 0 Å². The zero-order chi connectivity index (χ0) is 44.6. The van der Waals surface area contributed by atoms with Gasteiger partial charge in [-0.1, -0.05) is 105 Å². The van der Waals surface area contributed by atoms with Crippen LogP contribution in [0.2, 0.25) is 0 Å². The van der Waals surface area contributed by atoms with Crippen molar-refractivity contribution in [3.63, 3.8) is 0 Å². The van der Waals surface area contributed by atoms with Gasteiger partial charge in [0, 0.05) is 92.0 Å². The van der Waals surface area contributed by atoms with Gasteiger partial charge in [-0.15, -0.1) is 0 Å². The third kappa shape index (κ3) is 6.37. The van der Waals surface area contributed by atoms with Crippen LogP contribution >= 0.6 is 0 Å². The van der Waals surface area contributed by atoms with Crippen LogP contribution in [0.1, 0.15) is 25.0 Å². The Balaban J connectivity index is 1.09. The van der Waals surface area contributed by atoms with E-state index in [-0.39, 0.29) is 5.41 Å². The lowest BCUT2D eigenvalue weighted by molar-refractivity contribution is 0.660. The maximum atomic E-state index is 5.42. The number of fused-ring (bicyclic) bond motifs is 7. The van der Waals surface area contributed by atoms with E-state index in [1.807, 2.05) is 61.3 Å². The minimum absolute atomic E-state index is 0.208. The second kappa shape index (κ2) is 15.1. The summed E-state index contributed by atoms with van der Waals surface area (Å²) in [4.78, 5) is 40.1. The summed E-state index contributed by atoms with van der Waals surface area (Å²) in [6.45, 7) is 4.59. The Morgan fingerprint density at radius 1 is 0.358 bits per heavy atom. The SMILES string of the molecule is CC1(C)c2ccccc2-c2ccc(-c3nc(-c4ccc(-c5cccnc5)cc4)nc(-c4cc(-c5c6cccnc6cc6cccnc56)cc(-c5c6cccnc6cc6cccnc56)c4)n3)cc21. The predicted molar refractivity (Wildman–Crippen MR) is 269 cm³/mol. The molecular weight excluding hydrogens is 821 g/mol. The summed E-state index contributed by atoms with van der Waals surface area (Å²) in [5.74, 6) is 1.69. The average molecular weight is 859 g/mol. The summed E-state index contributed by atoms with van der Waals surface area (Å²) in [6.07, 6.45) is 11.1. The van der Waals surface area contributed by atoms with Crippen molar-refractivity contribution < 1.29 is 0 Å². The van der Waals surface area contributed by atoms with Crippen LogP contribution in [0.25, 0.3) is 122 Å². The Bertz CT molecular complexity index is 3710. The number of hydrogen-bond donors (Lipinski definition) is 0. The Morgan fingerprint density at radius 2 is 0.881 bits per heavy atom. The van der Waals surface area contributed by atoms with Crippen LogP contribution in [0.15, 0.2) is 195 Å². The summed E-state index contributed by atoms with van der Waals surface area (Å²) in [5, 5.41) is 3.98. The first-order chi connectivity index (χ1) is 32.9. The van der Waals surface area contributed by atoms with Gasteiger partial charge in [-0.2, -0.15) is 0 Å². The maximum Gasteiger partial charge on any atom is 0.164 e. The van der Waals surface area contributed by atoms with Crippen LogP contribution in [0.4, 0.5) is 0 Å². The summed E-state index contributed by atoms with van der Waals surface area (Å²) in [6, 6.07) is 54.9. The van der Waals surface area contributed by atoms with Crippen LogP contribution in [-0.4, -0.2) is 39.9 Å². The van der Waals surface area contributed by atoms with E-state index >= 15 is 0 Å². The van der Waals surface area contributed by atoms with E-state index < -0.39 is 0 Å². The molecule has 0 N–H and O–H groups in total. The molecule has 12 aromatic rings. The third-order valence-electron chi connectivity index (χ3n) is 13.3. The Hall–Kier alpha value is -8.88. The molecular formula is C59H38N8. The predicted octanol–water partition coefficient (Wildman–Crippen LogP) is 13.8. The molecule has 0 unspecified atom stereocenters. The number of benzene rings is 6. The van der Waals surface area contributed by atoms with Crippen molar-refractivity contribution in [2.75, 3.05) is 0 Å². The molecule has 0 amide bonds. The molecule has 0 spiro atoms. The van der Waals surface area contributed by atoms with Crippen molar-refractivity contribution in [3.05, 3.63) is 206 Å². The smallest absolute Gasteiger partial charge is 0.164 e. The molecule has 0 saturated heterocycles. The first-order valence-electron chi connectivity index (χ1n) is 22.4. The van der Waals surface area contributed by atoms with E-state index in [4.69, 9.17) is 34.9 Å². The van der Waals surface area contributed by atoms with Gasteiger partial charge < -0.3 is 0 Å². The maximum absolute atomic E-state index is 5.42. The van der Waals surface area contributed by atoms with Crippen LogP contribution in [-0.2, 0) is 5.41 Å². The third-order valence-corrected chi connectivity index (χ3v) is 13.3. The Kier molecular flexibility index (Phi) is 8.70. The number of rotatable bonds is 6. The highest BCUT2D eigenvalue weighted by Gasteiger charge is 2.35. The van der Waals surface area contributed by atoms with Gasteiger partial charge in [0.25, 0.3) is 0 Å². The van der Waals surface area contributed by atoms with E-state index in [0.29, 0.717) is 17.5 Å². The molecule has 0 saturated carbocycles. The molecule has 8 nitrogen and oxygen atoms in total. The van der Waals surface area contributed by atoms with E-state index in [1.165, 1.54) is 22.3 Å². The van der Waals surface area contributed by atoms with Gasteiger partial charge in [-0.3, -0.25) is 24.9 Å². The standard InChI is InChI=1S/C59H38N8/c1-59(2)48-16-4-3-13-44(48)45-22-21-39(31-49(45)59)57-65-56(36-19-17-35(18-20-36)40-12-5-23-60-34-40)66-58(67-57)43-29-41(52-46-14-8-24-61-50(46)32-37-10-6-26-63-54(37)52)28-42(30-43)53-47-15-9-25-62-51(47)33-38-11-7-27-64-55(38)53/h3-34H,1-2H3. The first kappa shape index (κ1) is 38.6. The van der Waals surface area contributed by atoms with E-state index in [9.17, 15) is 0 Å². The molecule has 0 fully saturated rings. The molecule has 8 heteroatoms. The molecule has 6 aromatic carbocycles. The molecule has 1 aliphatic rings. The molecule has 0 aliphatic heterocycles. The van der Waals surface area contributed by atoms with Gasteiger partial charge in [0.1, 0.15) is 0 Å². The fourth-order valence-corrected chi connectivity index (χ4v) is 10.1. The summed E-state index contributed by atoms with van der Waals surface area (Å²) < 4.78 is 0. The minimum atomic E-state index is -0.208. The normalized spacial score (nSPS) is 12.7. The van der Waals surface area contributed by atoms with Crippen LogP contribution < -0.4 is 0 Å². The lowest BCUT2D eigenvalue weighted by Gasteiger charge is -2.21.